The Bertz CT molecular complexity index is 841. The molecule has 1 fully saturated rings. The molecule has 1 aromatic heterocycles. The minimum absolute atomic E-state index is 0.823. The van der Waals surface area contributed by atoms with Crippen molar-refractivity contribution < 1.29 is 0 Å². The minimum Gasteiger partial charge on any atom is -0.372 e. The standard InChI is InChI=1S/C17H16N4/c1-2-10-21(11-3-1)14-6-4-13(5-7-14)17-19-15-8-9-18-12-16(15)20-17/h4-7,12H,1-3,10-11H2,(H,19,20). The molecule has 2 aromatic rings. The molecule has 1 aromatic carbocycles. The molecule has 3 heterocycles. The first-order valence-electron chi connectivity index (χ1n) is 7.40. The van der Waals surface area contributed by atoms with E-state index in [0.29, 0.717) is 0 Å². The van der Waals surface area contributed by atoms with Crippen molar-refractivity contribution in [3.8, 4) is 11.4 Å². The highest BCUT2D eigenvalue weighted by molar-refractivity contribution is 5.70. The van der Waals surface area contributed by atoms with E-state index in [9.17, 15) is 0 Å². The Morgan fingerprint density at radius 1 is 1.05 bits per heavy atom. The van der Waals surface area contributed by atoms with Gasteiger partial charge in [0.2, 0.25) is 0 Å². The third-order valence-corrected chi connectivity index (χ3v) is 4.03. The van der Waals surface area contributed by atoms with Crippen LogP contribution in [0.25, 0.3) is 23.3 Å². The van der Waals surface area contributed by atoms with Crippen LogP contribution in [0.3, 0.4) is 0 Å². The average Bonchev–Trinajstić information content (AvgIpc) is 3.00. The number of hydrogen-bond donors (Lipinski definition) is 1. The van der Waals surface area contributed by atoms with E-state index in [4.69, 9.17) is 0 Å². The van der Waals surface area contributed by atoms with Crippen LogP contribution in [0.15, 0.2) is 29.3 Å². The van der Waals surface area contributed by atoms with Crippen molar-refractivity contribution in [2.24, 2.45) is 4.99 Å². The van der Waals surface area contributed by atoms with Gasteiger partial charge in [0.1, 0.15) is 16.5 Å². The number of hydrogen-bond acceptors (Lipinski definition) is 3. The van der Waals surface area contributed by atoms with E-state index in [1.165, 1.54) is 38.0 Å². The zero-order valence-electron chi connectivity index (χ0n) is 11.8. The molecule has 2 aliphatic heterocycles. The van der Waals surface area contributed by atoms with E-state index >= 15 is 0 Å². The van der Waals surface area contributed by atoms with Crippen molar-refractivity contribution in [3.63, 3.8) is 0 Å². The van der Waals surface area contributed by atoms with Crippen LogP contribution in [0.1, 0.15) is 19.3 Å². The SMILES string of the molecule is C1=C=c2[nH]c(-c3ccc(N4CCCCC4)cc3)nc2=CN=1. The van der Waals surface area contributed by atoms with Crippen LogP contribution in [0.4, 0.5) is 5.69 Å². The molecule has 4 nitrogen and oxygen atoms in total. The van der Waals surface area contributed by atoms with Crippen LogP contribution in [0.2, 0.25) is 0 Å². The summed E-state index contributed by atoms with van der Waals surface area (Å²) in [4.78, 5) is 14.2. The van der Waals surface area contributed by atoms with Gasteiger partial charge in [-0.15, -0.1) is 0 Å². The summed E-state index contributed by atoms with van der Waals surface area (Å²) in [6.07, 6.45) is 5.65. The van der Waals surface area contributed by atoms with Gasteiger partial charge in [-0.1, -0.05) is 0 Å². The summed E-state index contributed by atoms with van der Waals surface area (Å²) in [5, 5.41) is 1.67. The van der Waals surface area contributed by atoms with Crippen molar-refractivity contribution >= 4 is 23.5 Å². The van der Waals surface area contributed by atoms with Crippen LogP contribution in [0.5, 0.6) is 0 Å². The second-order valence-electron chi connectivity index (χ2n) is 5.44. The van der Waals surface area contributed by atoms with Gasteiger partial charge in [0.25, 0.3) is 0 Å². The number of rotatable bonds is 2. The highest BCUT2D eigenvalue weighted by Gasteiger charge is 2.11. The minimum atomic E-state index is 0.823. The molecule has 0 radical (unpaired) electrons. The van der Waals surface area contributed by atoms with Crippen LogP contribution in [-0.4, -0.2) is 28.9 Å². The lowest BCUT2D eigenvalue weighted by molar-refractivity contribution is 0.578. The molecule has 0 amide bonds. The molecule has 0 bridgehead atoms. The summed E-state index contributed by atoms with van der Waals surface area (Å²) in [6.45, 7) is 2.33. The van der Waals surface area contributed by atoms with Crippen LogP contribution < -0.4 is 15.6 Å². The molecule has 4 heteroatoms. The maximum Gasteiger partial charge on any atom is 0.139 e. The molecule has 21 heavy (non-hydrogen) atoms. The predicted octanol–water partition coefficient (Wildman–Crippen LogP) is 1.42. The normalized spacial score (nSPS) is 16.3. The first kappa shape index (κ1) is 12.2. The molecule has 0 atom stereocenters. The number of aromatic amines is 1. The fraction of sp³-hybridized carbons (Fsp3) is 0.294. The molecule has 1 N–H and O–H groups in total. The molecule has 4 rings (SSSR count). The maximum absolute atomic E-state index is 4.54. The number of piperidine rings is 1. The van der Waals surface area contributed by atoms with E-state index in [0.717, 1.165) is 22.1 Å². The van der Waals surface area contributed by atoms with E-state index in [2.05, 4.69) is 55.7 Å². The topological polar surface area (TPSA) is 44.3 Å². The maximum atomic E-state index is 4.54. The first-order chi connectivity index (χ1) is 10.4. The molecule has 0 saturated carbocycles. The van der Waals surface area contributed by atoms with E-state index in [1.54, 1.807) is 6.20 Å². The number of nitrogens with one attached hydrogen (secondary N) is 1. The Balaban J connectivity index is 1.65. The van der Waals surface area contributed by atoms with Crippen LogP contribution >= 0.6 is 0 Å². The summed E-state index contributed by atoms with van der Waals surface area (Å²) < 4.78 is 0. The first-order valence-corrected chi connectivity index (χ1v) is 7.40. The van der Waals surface area contributed by atoms with E-state index < -0.39 is 0 Å². The third-order valence-electron chi connectivity index (χ3n) is 4.03. The lowest BCUT2D eigenvalue weighted by Gasteiger charge is -2.28. The van der Waals surface area contributed by atoms with Gasteiger partial charge in [0, 0.05) is 30.2 Å². The Kier molecular flexibility index (Phi) is 2.97. The number of aromatic nitrogens is 2. The molecule has 0 unspecified atom stereocenters. The zero-order chi connectivity index (χ0) is 14.1. The number of fused-ring (bicyclic) bond motifs is 1. The van der Waals surface area contributed by atoms with Gasteiger partial charge in [0.05, 0.1) is 6.20 Å². The molecular formula is C17H16N4. The molecule has 0 spiro atoms. The highest BCUT2D eigenvalue weighted by Crippen LogP contribution is 2.22. The van der Waals surface area contributed by atoms with Gasteiger partial charge < -0.3 is 9.88 Å². The third kappa shape index (κ3) is 2.31. The lowest BCUT2D eigenvalue weighted by Crippen LogP contribution is -2.29. The number of anilines is 1. The lowest BCUT2D eigenvalue weighted by atomic mass is 10.1. The summed E-state index contributed by atoms with van der Waals surface area (Å²) >= 11 is 0. The summed E-state index contributed by atoms with van der Waals surface area (Å²) in [5.74, 6) is 3.55. The van der Waals surface area contributed by atoms with Gasteiger partial charge in [-0.2, -0.15) is 0 Å². The van der Waals surface area contributed by atoms with Crippen molar-refractivity contribution in [2.45, 2.75) is 19.3 Å². The summed E-state index contributed by atoms with van der Waals surface area (Å²) in [5.41, 5.74) is 5.33. The average molecular weight is 276 g/mol. The fourth-order valence-corrected chi connectivity index (χ4v) is 2.88. The van der Waals surface area contributed by atoms with Gasteiger partial charge in [-0.25, -0.2) is 9.98 Å². The van der Waals surface area contributed by atoms with Gasteiger partial charge in [-0.3, -0.25) is 0 Å². The van der Waals surface area contributed by atoms with E-state index in [1.807, 2.05) is 0 Å². The molecule has 104 valence electrons. The summed E-state index contributed by atoms with van der Waals surface area (Å²) in [6, 6.07) is 8.61. The largest absolute Gasteiger partial charge is 0.372 e. The van der Waals surface area contributed by atoms with Crippen molar-refractivity contribution in [3.05, 3.63) is 35.0 Å². The summed E-state index contributed by atoms with van der Waals surface area (Å²) in [7, 11) is 0. The molecule has 1 saturated heterocycles. The Labute approximate surface area is 122 Å². The second-order valence-corrected chi connectivity index (χ2v) is 5.44. The number of imidazole rings is 1. The molecular weight excluding hydrogens is 260 g/mol. The Morgan fingerprint density at radius 2 is 1.86 bits per heavy atom. The quantitative estimate of drug-likeness (QED) is 0.901. The molecule has 0 aliphatic carbocycles. The predicted molar refractivity (Wildman–Crippen MR) is 84.6 cm³/mol. The Hall–Kier alpha value is -2.54. The fourth-order valence-electron chi connectivity index (χ4n) is 2.88. The Morgan fingerprint density at radius 3 is 2.62 bits per heavy atom. The number of nitrogens with zero attached hydrogens (tertiary/aromatic N) is 3. The highest BCUT2D eigenvalue weighted by atomic mass is 15.1. The van der Waals surface area contributed by atoms with Crippen molar-refractivity contribution in [1.82, 2.24) is 9.97 Å². The van der Waals surface area contributed by atoms with Gasteiger partial charge in [0.15, 0.2) is 0 Å². The van der Waals surface area contributed by atoms with Crippen LogP contribution in [-0.2, 0) is 0 Å². The van der Waals surface area contributed by atoms with E-state index in [-0.39, 0.29) is 0 Å². The smallest absolute Gasteiger partial charge is 0.139 e. The van der Waals surface area contributed by atoms with Crippen molar-refractivity contribution in [2.75, 3.05) is 18.0 Å². The van der Waals surface area contributed by atoms with Gasteiger partial charge >= 0.3 is 0 Å². The molecule has 2 aliphatic rings. The van der Waals surface area contributed by atoms with Crippen molar-refractivity contribution in [1.29, 1.82) is 0 Å². The van der Waals surface area contributed by atoms with Gasteiger partial charge in [-0.05, 0) is 49.3 Å². The zero-order valence-corrected chi connectivity index (χ0v) is 11.8. The van der Waals surface area contributed by atoms with Crippen LogP contribution in [0, 0.1) is 0 Å². The number of H-pyrrole nitrogens is 1. The number of benzene rings is 1. The number of aliphatic imine (C=N–C) groups is 1. The second kappa shape index (κ2) is 5.10. The monoisotopic (exact) mass is 276 g/mol.